The minimum Gasteiger partial charge on any atom is -0.486 e. The summed E-state index contributed by atoms with van der Waals surface area (Å²) in [5.41, 5.74) is -0.120. The molecule has 1 aliphatic rings. The molecule has 0 spiro atoms. The third-order valence-corrected chi connectivity index (χ3v) is 4.05. The Morgan fingerprint density at radius 3 is 2.68 bits per heavy atom. The molecule has 0 bridgehead atoms. The number of para-hydroxylation sites is 1. The van der Waals surface area contributed by atoms with E-state index < -0.39 is 11.5 Å². The highest BCUT2D eigenvalue weighted by atomic mass is 35.5. The number of ether oxygens (including phenoxy) is 2. The summed E-state index contributed by atoms with van der Waals surface area (Å²) in [6, 6.07) is 11.5. The molecule has 25 heavy (non-hydrogen) atoms. The smallest absolute Gasteiger partial charge is 0.349 e. The summed E-state index contributed by atoms with van der Waals surface area (Å²) in [6.45, 7) is 0.929. The average Bonchev–Trinajstić information content (AvgIpc) is 2.62. The van der Waals surface area contributed by atoms with Crippen molar-refractivity contribution in [3.05, 3.63) is 63.5 Å². The highest BCUT2D eigenvalue weighted by Crippen LogP contribution is 2.32. The summed E-state index contributed by atoms with van der Waals surface area (Å²) >= 11 is 6.00. The molecule has 126 valence electrons. The van der Waals surface area contributed by atoms with Gasteiger partial charge in [0.05, 0.1) is 5.02 Å². The van der Waals surface area contributed by atoms with E-state index in [4.69, 9.17) is 25.5 Å². The van der Waals surface area contributed by atoms with Crippen LogP contribution in [0.15, 0.2) is 51.7 Å². The largest absolute Gasteiger partial charge is 0.486 e. The molecule has 2 heterocycles. The lowest BCUT2D eigenvalue weighted by molar-refractivity contribution is 0.102. The first kappa shape index (κ1) is 15.5. The predicted molar refractivity (Wildman–Crippen MR) is 92.9 cm³/mol. The Morgan fingerprint density at radius 2 is 1.84 bits per heavy atom. The molecule has 0 aliphatic carbocycles. The van der Waals surface area contributed by atoms with Crippen molar-refractivity contribution in [2.45, 2.75) is 0 Å². The van der Waals surface area contributed by atoms with E-state index in [9.17, 15) is 9.59 Å². The van der Waals surface area contributed by atoms with E-state index in [-0.39, 0.29) is 11.1 Å². The summed E-state index contributed by atoms with van der Waals surface area (Å²) < 4.78 is 16.1. The molecule has 0 saturated carbocycles. The molecular formula is C18H12ClNO5. The molecular weight excluding hydrogens is 346 g/mol. The lowest BCUT2D eigenvalue weighted by atomic mass is 10.1. The summed E-state index contributed by atoms with van der Waals surface area (Å²) in [5.74, 6) is 0.581. The van der Waals surface area contributed by atoms with Crippen LogP contribution < -0.4 is 20.4 Å². The number of halogens is 1. The van der Waals surface area contributed by atoms with Crippen molar-refractivity contribution < 1.29 is 18.7 Å². The standard InChI is InChI=1S/C18H12ClNO5/c19-13-3-1-2-10-8-12(18(22)25-16(10)13)17(21)20-11-4-5-14-15(9-11)24-7-6-23-14/h1-5,8-9H,6-7H2,(H,20,21). The number of rotatable bonds is 2. The van der Waals surface area contributed by atoms with E-state index in [0.29, 0.717) is 40.8 Å². The van der Waals surface area contributed by atoms with E-state index in [0.717, 1.165) is 0 Å². The zero-order chi connectivity index (χ0) is 17.4. The van der Waals surface area contributed by atoms with Gasteiger partial charge in [0, 0.05) is 17.1 Å². The van der Waals surface area contributed by atoms with Gasteiger partial charge in [0.2, 0.25) is 0 Å². The van der Waals surface area contributed by atoms with E-state index in [1.165, 1.54) is 6.07 Å². The molecule has 3 aromatic rings. The predicted octanol–water partition coefficient (Wildman–Crippen LogP) is 3.47. The van der Waals surface area contributed by atoms with Gasteiger partial charge in [0.15, 0.2) is 17.1 Å². The van der Waals surface area contributed by atoms with Crippen LogP contribution in [0.2, 0.25) is 5.02 Å². The van der Waals surface area contributed by atoms with Crippen LogP contribution in [0.3, 0.4) is 0 Å². The van der Waals surface area contributed by atoms with Crippen molar-refractivity contribution in [1.29, 1.82) is 0 Å². The first-order valence-electron chi connectivity index (χ1n) is 7.55. The molecule has 0 unspecified atom stereocenters. The second-order valence-electron chi connectivity index (χ2n) is 5.42. The molecule has 7 heteroatoms. The minimum atomic E-state index is -0.754. The van der Waals surface area contributed by atoms with Crippen LogP contribution in [-0.4, -0.2) is 19.1 Å². The van der Waals surface area contributed by atoms with Crippen molar-refractivity contribution in [3.63, 3.8) is 0 Å². The lowest BCUT2D eigenvalue weighted by Crippen LogP contribution is -2.21. The lowest BCUT2D eigenvalue weighted by Gasteiger charge is -2.18. The fraction of sp³-hybridized carbons (Fsp3) is 0.111. The van der Waals surface area contributed by atoms with Gasteiger partial charge >= 0.3 is 5.63 Å². The number of nitrogens with one attached hydrogen (secondary N) is 1. The number of hydrogen-bond donors (Lipinski definition) is 1. The second kappa shape index (κ2) is 6.14. The molecule has 1 amide bonds. The van der Waals surface area contributed by atoms with Crippen LogP contribution in [0.4, 0.5) is 5.69 Å². The summed E-state index contributed by atoms with van der Waals surface area (Å²) in [4.78, 5) is 24.6. The van der Waals surface area contributed by atoms with Crippen molar-refractivity contribution >= 4 is 34.2 Å². The van der Waals surface area contributed by atoms with Gasteiger partial charge in [-0.1, -0.05) is 23.7 Å². The van der Waals surface area contributed by atoms with Crippen LogP contribution in [0, 0.1) is 0 Å². The van der Waals surface area contributed by atoms with Gasteiger partial charge in [-0.3, -0.25) is 4.79 Å². The maximum Gasteiger partial charge on any atom is 0.349 e. The maximum absolute atomic E-state index is 12.5. The maximum atomic E-state index is 12.5. The average molecular weight is 358 g/mol. The fourth-order valence-electron chi connectivity index (χ4n) is 2.59. The van der Waals surface area contributed by atoms with Crippen LogP contribution in [0.25, 0.3) is 11.0 Å². The molecule has 0 fully saturated rings. The second-order valence-corrected chi connectivity index (χ2v) is 5.83. The summed E-state index contributed by atoms with van der Waals surface area (Å²) in [5, 5.41) is 3.54. The normalized spacial score (nSPS) is 12.8. The third-order valence-electron chi connectivity index (χ3n) is 3.76. The Morgan fingerprint density at radius 1 is 1.04 bits per heavy atom. The fourth-order valence-corrected chi connectivity index (χ4v) is 2.81. The quantitative estimate of drug-likeness (QED) is 0.710. The number of fused-ring (bicyclic) bond motifs is 2. The summed E-state index contributed by atoms with van der Waals surface area (Å²) in [6.07, 6.45) is 0. The van der Waals surface area contributed by atoms with Crippen LogP contribution >= 0.6 is 11.6 Å². The molecule has 0 atom stereocenters. The topological polar surface area (TPSA) is 77.8 Å². The van der Waals surface area contributed by atoms with E-state index in [1.54, 1.807) is 36.4 Å². The van der Waals surface area contributed by atoms with Crippen molar-refractivity contribution in [1.82, 2.24) is 0 Å². The highest BCUT2D eigenvalue weighted by Gasteiger charge is 2.17. The molecule has 0 radical (unpaired) electrons. The monoisotopic (exact) mass is 357 g/mol. The Labute approximate surface area is 146 Å². The Balaban J connectivity index is 1.66. The molecule has 2 aromatic carbocycles. The molecule has 0 saturated heterocycles. The first-order chi connectivity index (χ1) is 12.1. The molecule has 1 aliphatic heterocycles. The van der Waals surface area contributed by atoms with E-state index in [2.05, 4.69) is 5.32 Å². The van der Waals surface area contributed by atoms with Crippen LogP contribution in [0.1, 0.15) is 10.4 Å². The van der Waals surface area contributed by atoms with Gasteiger partial charge in [-0.25, -0.2) is 4.79 Å². The number of carbonyl (C=O) groups is 1. The number of amides is 1. The Bertz CT molecular complexity index is 1040. The van der Waals surface area contributed by atoms with Crippen molar-refractivity contribution in [2.24, 2.45) is 0 Å². The van der Waals surface area contributed by atoms with Crippen LogP contribution in [-0.2, 0) is 0 Å². The highest BCUT2D eigenvalue weighted by molar-refractivity contribution is 6.34. The SMILES string of the molecule is O=C(Nc1ccc2c(c1)OCCO2)c1cc2cccc(Cl)c2oc1=O. The van der Waals surface area contributed by atoms with Gasteiger partial charge in [0.1, 0.15) is 18.8 Å². The van der Waals surface area contributed by atoms with E-state index >= 15 is 0 Å². The molecule has 1 aromatic heterocycles. The number of hydrogen-bond acceptors (Lipinski definition) is 5. The van der Waals surface area contributed by atoms with E-state index in [1.807, 2.05) is 0 Å². The zero-order valence-corrected chi connectivity index (χ0v) is 13.6. The number of carbonyl (C=O) groups excluding carboxylic acids is 1. The van der Waals surface area contributed by atoms with Crippen molar-refractivity contribution in [3.8, 4) is 11.5 Å². The van der Waals surface area contributed by atoms with Gasteiger partial charge in [-0.2, -0.15) is 0 Å². The van der Waals surface area contributed by atoms with Crippen LogP contribution in [0.5, 0.6) is 11.5 Å². The number of benzene rings is 2. The van der Waals surface area contributed by atoms with Gasteiger partial charge in [-0.15, -0.1) is 0 Å². The minimum absolute atomic E-state index is 0.107. The molecule has 6 nitrogen and oxygen atoms in total. The first-order valence-corrected chi connectivity index (χ1v) is 7.93. The number of anilines is 1. The van der Waals surface area contributed by atoms with Gasteiger partial charge in [0.25, 0.3) is 5.91 Å². The molecule has 4 rings (SSSR count). The van der Waals surface area contributed by atoms with Gasteiger partial charge < -0.3 is 19.2 Å². The van der Waals surface area contributed by atoms with Crippen molar-refractivity contribution in [2.75, 3.05) is 18.5 Å². The Kier molecular flexibility index (Phi) is 3.82. The Hall–Kier alpha value is -2.99. The third kappa shape index (κ3) is 2.92. The zero-order valence-electron chi connectivity index (χ0n) is 12.9. The molecule has 1 N–H and O–H groups in total. The van der Waals surface area contributed by atoms with Gasteiger partial charge in [-0.05, 0) is 24.3 Å². The summed E-state index contributed by atoms with van der Waals surface area (Å²) in [7, 11) is 0.